The van der Waals surface area contributed by atoms with E-state index < -0.39 is 17.6 Å². The van der Waals surface area contributed by atoms with Crippen LogP contribution < -0.4 is 10.2 Å². The van der Waals surface area contributed by atoms with Crippen LogP contribution in [-0.4, -0.2) is 19.2 Å². The van der Waals surface area contributed by atoms with Gasteiger partial charge in [-0.1, -0.05) is 18.2 Å². The highest BCUT2D eigenvalue weighted by Gasteiger charge is 2.32. The minimum absolute atomic E-state index is 0.130. The molecule has 0 saturated carbocycles. The fourth-order valence-corrected chi connectivity index (χ4v) is 2.64. The summed E-state index contributed by atoms with van der Waals surface area (Å²) in [6.07, 6.45) is -3.52. The van der Waals surface area contributed by atoms with Gasteiger partial charge in [-0.15, -0.1) is 0 Å². The minimum atomic E-state index is -4.49. The number of hydrogen-bond acceptors (Lipinski definition) is 3. The quantitative estimate of drug-likeness (QED) is 0.436. The molecule has 1 amide bonds. The van der Waals surface area contributed by atoms with Gasteiger partial charge in [-0.25, -0.2) is 5.43 Å². The number of alkyl halides is 3. The van der Waals surface area contributed by atoms with Gasteiger partial charge in [0.25, 0.3) is 5.91 Å². The maximum Gasteiger partial charge on any atom is 0.417 e. The topological polar surface area (TPSA) is 50.7 Å². The summed E-state index contributed by atoms with van der Waals surface area (Å²) in [7, 11) is 1.51. The molecule has 0 aliphatic heterocycles. The Balaban J connectivity index is 2.12. The number of nitrogens with zero attached hydrogens (tertiary/aromatic N) is 1. The highest BCUT2D eigenvalue weighted by atomic mass is 127. The number of ether oxygens (including phenoxy) is 1. The van der Waals surface area contributed by atoms with Crippen LogP contribution >= 0.6 is 22.6 Å². The number of methoxy groups -OCH3 is 1. The zero-order valence-electron chi connectivity index (χ0n) is 12.4. The summed E-state index contributed by atoms with van der Waals surface area (Å²) < 4.78 is 44.4. The van der Waals surface area contributed by atoms with E-state index in [9.17, 15) is 18.0 Å². The van der Waals surface area contributed by atoms with Crippen LogP contribution in [0.15, 0.2) is 47.6 Å². The number of carbonyl (C=O) groups excluding carboxylic acids is 1. The lowest BCUT2D eigenvalue weighted by Crippen LogP contribution is -2.18. The van der Waals surface area contributed by atoms with Crippen LogP contribution in [0.4, 0.5) is 13.2 Å². The lowest BCUT2D eigenvalue weighted by Gasteiger charge is -2.09. The van der Waals surface area contributed by atoms with Crippen molar-refractivity contribution in [3.63, 3.8) is 0 Å². The van der Waals surface area contributed by atoms with E-state index in [-0.39, 0.29) is 5.56 Å². The van der Waals surface area contributed by atoms with Crippen molar-refractivity contribution < 1.29 is 22.7 Å². The van der Waals surface area contributed by atoms with Crippen molar-refractivity contribution in [2.45, 2.75) is 6.18 Å². The number of halogens is 4. The van der Waals surface area contributed by atoms with E-state index in [1.54, 1.807) is 12.1 Å². The van der Waals surface area contributed by atoms with Crippen LogP contribution in [0.5, 0.6) is 5.75 Å². The molecule has 0 radical (unpaired) electrons. The third-order valence-electron chi connectivity index (χ3n) is 3.05. The molecule has 0 fully saturated rings. The molecule has 0 aliphatic rings. The predicted molar refractivity (Wildman–Crippen MR) is 92.2 cm³/mol. The van der Waals surface area contributed by atoms with Gasteiger partial charge < -0.3 is 4.74 Å². The lowest BCUT2D eigenvalue weighted by molar-refractivity contribution is -0.137. The molecule has 0 bridgehead atoms. The van der Waals surface area contributed by atoms with Gasteiger partial charge in [0.15, 0.2) is 0 Å². The van der Waals surface area contributed by atoms with Gasteiger partial charge in [-0.05, 0) is 46.9 Å². The van der Waals surface area contributed by atoms with Crippen LogP contribution in [0.3, 0.4) is 0 Å². The summed E-state index contributed by atoms with van der Waals surface area (Å²) in [5, 5.41) is 3.61. The molecule has 0 spiro atoms. The third kappa shape index (κ3) is 4.47. The van der Waals surface area contributed by atoms with Crippen molar-refractivity contribution in [2.24, 2.45) is 5.10 Å². The Labute approximate surface area is 149 Å². The standard InChI is InChI=1S/C16H12F3IN2O2/c1-24-14-7-6-10(8-13(14)20)15(23)22-21-9-11-4-2-3-5-12(11)16(17,18)19/h2-9H,1H3,(H,22,23). The van der Waals surface area contributed by atoms with Crippen molar-refractivity contribution in [3.05, 3.63) is 62.7 Å². The number of benzene rings is 2. The molecule has 0 heterocycles. The molecule has 126 valence electrons. The summed E-state index contributed by atoms with van der Waals surface area (Å²) in [5.74, 6) is 0.0889. The summed E-state index contributed by atoms with van der Waals surface area (Å²) in [5.41, 5.74) is 1.58. The number of hydrogen-bond donors (Lipinski definition) is 1. The summed E-state index contributed by atoms with van der Waals surface area (Å²) in [6, 6.07) is 9.73. The average Bonchev–Trinajstić information content (AvgIpc) is 2.54. The first kappa shape index (κ1) is 18.2. The highest BCUT2D eigenvalue weighted by Crippen LogP contribution is 2.31. The highest BCUT2D eigenvalue weighted by molar-refractivity contribution is 14.1. The average molecular weight is 448 g/mol. The Morgan fingerprint density at radius 3 is 2.58 bits per heavy atom. The Bertz CT molecular complexity index is 776. The lowest BCUT2D eigenvalue weighted by atomic mass is 10.1. The number of nitrogens with one attached hydrogen (secondary N) is 1. The molecule has 0 aliphatic carbocycles. The SMILES string of the molecule is COc1ccc(C(=O)NN=Cc2ccccc2C(F)(F)F)cc1I. The predicted octanol–water partition coefficient (Wildman–Crippen LogP) is 4.08. The first-order valence-corrected chi connectivity index (χ1v) is 7.74. The molecule has 4 nitrogen and oxygen atoms in total. The molecule has 0 aromatic heterocycles. The van der Waals surface area contributed by atoms with E-state index in [4.69, 9.17) is 4.74 Å². The van der Waals surface area contributed by atoms with Crippen LogP contribution in [0.25, 0.3) is 0 Å². The maximum atomic E-state index is 12.9. The van der Waals surface area contributed by atoms with Crippen LogP contribution in [0, 0.1) is 3.57 Å². The molecule has 2 aromatic rings. The van der Waals surface area contributed by atoms with Gasteiger partial charge in [0.2, 0.25) is 0 Å². The molecule has 0 saturated heterocycles. The molecule has 8 heteroatoms. The second-order valence-corrected chi connectivity index (χ2v) is 5.80. The zero-order chi connectivity index (χ0) is 17.7. The number of carbonyl (C=O) groups is 1. The zero-order valence-corrected chi connectivity index (χ0v) is 14.6. The monoisotopic (exact) mass is 448 g/mol. The Morgan fingerprint density at radius 2 is 1.96 bits per heavy atom. The Morgan fingerprint density at radius 1 is 1.25 bits per heavy atom. The fraction of sp³-hybridized carbons (Fsp3) is 0.125. The first-order valence-electron chi connectivity index (χ1n) is 6.66. The Kier molecular flexibility index (Phi) is 5.81. The molecular weight excluding hydrogens is 436 g/mol. The summed E-state index contributed by atoms with van der Waals surface area (Å²) >= 11 is 2.01. The van der Waals surface area contributed by atoms with E-state index >= 15 is 0 Å². The van der Waals surface area contributed by atoms with E-state index in [1.807, 2.05) is 22.6 Å². The molecule has 2 rings (SSSR count). The fourth-order valence-electron chi connectivity index (χ4n) is 1.90. The Hall–Kier alpha value is -2.10. The normalized spacial score (nSPS) is 11.5. The molecule has 2 aromatic carbocycles. The van der Waals surface area contributed by atoms with Gasteiger partial charge in [-0.3, -0.25) is 4.79 Å². The number of rotatable bonds is 4. The van der Waals surface area contributed by atoms with Crippen molar-refractivity contribution in [1.82, 2.24) is 5.43 Å². The van der Waals surface area contributed by atoms with Gasteiger partial charge in [0.05, 0.1) is 22.5 Å². The maximum absolute atomic E-state index is 12.9. The molecule has 0 atom stereocenters. The van der Waals surface area contributed by atoms with Gasteiger partial charge in [0, 0.05) is 11.1 Å². The second-order valence-electron chi connectivity index (χ2n) is 4.63. The number of hydrazone groups is 1. The number of amides is 1. The first-order chi connectivity index (χ1) is 11.3. The van der Waals surface area contributed by atoms with E-state index in [2.05, 4.69) is 10.5 Å². The minimum Gasteiger partial charge on any atom is -0.496 e. The largest absolute Gasteiger partial charge is 0.496 e. The van der Waals surface area contributed by atoms with Gasteiger partial charge >= 0.3 is 6.18 Å². The third-order valence-corrected chi connectivity index (χ3v) is 3.89. The molecule has 1 N–H and O–H groups in total. The summed E-state index contributed by atoms with van der Waals surface area (Å²) in [4.78, 5) is 12.0. The molecular formula is C16H12F3IN2O2. The van der Waals surface area contributed by atoms with E-state index in [0.717, 1.165) is 15.9 Å². The van der Waals surface area contributed by atoms with Gasteiger partial charge in [0.1, 0.15) is 5.75 Å². The van der Waals surface area contributed by atoms with Crippen molar-refractivity contribution in [2.75, 3.05) is 7.11 Å². The smallest absolute Gasteiger partial charge is 0.417 e. The van der Waals surface area contributed by atoms with E-state index in [1.165, 1.54) is 31.4 Å². The van der Waals surface area contributed by atoms with Crippen molar-refractivity contribution in [1.29, 1.82) is 0 Å². The van der Waals surface area contributed by atoms with Crippen LogP contribution in [0.2, 0.25) is 0 Å². The molecule has 0 unspecified atom stereocenters. The van der Waals surface area contributed by atoms with Crippen molar-refractivity contribution in [3.8, 4) is 5.75 Å². The van der Waals surface area contributed by atoms with E-state index in [0.29, 0.717) is 11.3 Å². The second kappa shape index (κ2) is 7.65. The summed E-state index contributed by atoms with van der Waals surface area (Å²) in [6.45, 7) is 0. The van der Waals surface area contributed by atoms with Crippen molar-refractivity contribution >= 4 is 34.7 Å². The molecule has 24 heavy (non-hydrogen) atoms. The van der Waals surface area contributed by atoms with Gasteiger partial charge in [-0.2, -0.15) is 18.3 Å². The van der Waals surface area contributed by atoms with Crippen LogP contribution in [0.1, 0.15) is 21.5 Å². The van der Waals surface area contributed by atoms with Crippen LogP contribution in [-0.2, 0) is 6.18 Å².